The standard InChI is InChI=1S/C10H9ClN2O3S/c1-17(14,15)9-3-2-6(4-7(9)11)8-5-10(12)16-13-8/h2-5H,12H2,1H3. The number of sulfone groups is 1. The minimum Gasteiger partial charge on any atom is -0.368 e. The summed E-state index contributed by atoms with van der Waals surface area (Å²) in [5, 5.41) is 3.86. The molecule has 0 spiro atoms. The highest BCUT2D eigenvalue weighted by atomic mass is 35.5. The van der Waals surface area contributed by atoms with Crippen LogP contribution >= 0.6 is 11.6 Å². The molecular weight excluding hydrogens is 264 g/mol. The summed E-state index contributed by atoms with van der Waals surface area (Å²) in [4.78, 5) is 0.0828. The molecule has 5 nitrogen and oxygen atoms in total. The summed E-state index contributed by atoms with van der Waals surface area (Å²) >= 11 is 5.90. The predicted molar refractivity (Wildman–Crippen MR) is 64.5 cm³/mol. The zero-order valence-corrected chi connectivity index (χ0v) is 10.4. The van der Waals surface area contributed by atoms with Crippen molar-refractivity contribution in [3.05, 3.63) is 29.3 Å². The third kappa shape index (κ3) is 2.42. The van der Waals surface area contributed by atoms with Crippen LogP contribution in [-0.2, 0) is 9.84 Å². The maximum Gasteiger partial charge on any atom is 0.222 e. The fourth-order valence-electron chi connectivity index (χ4n) is 1.39. The van der Waals surface area contributed by atoms with Crippen LogP contribution < -0.4 is 5.73 Å². The van der Waals surface area contributed by atoms with Gasteiger partial charge in [0.2, 0.25) is 5.88 Å². The zero-order valence-electron chi connectivity index (χ0n) is 8.84. The van der Waals surface area contributed by atoms with Crippen molar-refractivity contribution in [1.82, 2.24) is 5.16 Å². The van der Waals surface area contributed by atoms with E-state index in [0.717, 1.165) is 6.26 Å². The van der Waals surface area contributed by atoms with E-state index in [9.17, 15) is 8.42 Å². The Labute approximate surface area is 103 Å². The number of nitrogens with two attached hydrogens (primary N) is 1. The van der Waals surface area contributed by atoms with Crippen LogP contribution in [-0.4, -0.2) is 19.8 Å². The van der Waals surface area contributed by atoms with Gasteiger partial charge in [0, 0.05) is 17.9 Å². The van der Waals surface area contributed by atoms with Gasteiger partial charge >= 0.3 is 0 Å². The van der Waals surface area contributed by atoms with Crippen molar-refractivity contribution < 1.29 is 12.9 Å². The van der Waals surface area contributed by atoms with Crippen LogP contribution in [0.25, 0.3) is 11.3 Å². The maximum atomic E-state index is 11.4. The Morgan fingerprint density at radius 3 is 2.53 bits per heavy atom. The molecule has 0 saturated carbocycles. The first-order valence-electron chi connectivity index (χ1n) is 4.60. The Kier molecular flexibility index (Phi) is 2.84. The van der Waals surface area contributed by atoms with Crippen molar-refractivity contribution in [2.75, 3.05) is 12.0 Å². The van der Waals surface area contributed by atoms with Gasteiger partial charge in [-0.2, -0.15) is 0 Å². The Balaban J connectivity index is 2.52. The summed E-state index contributed by atoms with van der Waals surface area (Å²) in [6.45, 7) is 0. The third-order valence-corrected chi connectivity index (χ3v) is 3.74. The van der Waals surface area contributed by atoms with Gasteiger partial charge in [0.25, 0.3) is 0 Å². The van der Waals surface area contributed by atoms with Gasteiger partial charge in [-0.3, -0.25) is 0 Å². The van der Waals surface area contributed by atoms with E-state index in [0.29, 0.717) is 11.3 Å². The molecule has 0 radical (unpaired) electrons. The molecule has 2 N–H and O–H groups in total. The quantitative estimate of drug-likeness (QED) is 0.903. The second-order valence-corrected chi connectivity index (χ2v) is 5.92. The van der Waals surface area contributed by atoms with Gasteiger partial charge in [-0.1, -0.05) is 22.8 Å². The maximum absolute atomic E-state index is 11.4. The molecule has 0 aliphatic carbocycles. The number of halogens is 1. The number of hydrogen-bond acceptors (Lipinski definition) is 5. The molecule has 0 fully saturated rings. The molecule has 0 atom stereocenters. The molecule has 7 heteroatoms. The van der Waals surface area contributed by atoms with E-state index in [1.54, 1.807) is 6.07 Å². The number of benzene rings is 1. The van der Waals surface area contributed by atoms with Crippen molar-refractivity contribution >= 4 is 27.3 Å². The molecule has 0 aliphatic heterocycles. The van der Waals surface area contributed by atoms with Gasteiger partial charge in [0.15, 0.2) is 9.84 Å². The third-order valence-electron chi connectivity index (χ3n) is 2.16. The van der Waals surface area contributed by atoms with E-state index in [4.69, 9.17) is 21.9 Å². The number of nitrogens with zero attached hydrogens (tertiary/aromatic N) is 1. The summed E-state index contributed by atoms with van der Waals surface area (Å²) in [5.74, 6) is 0.184. The van der Waals surface area contributed by atoms with E-state index in [1.165, 1.54) is 18.2 Å². The summed E-state index contributed by atoms with van der Waals surface area (Å²) in [6.07, 6.45) is 1.10. The summed E-state index contributed by atoms with van der Waals surface area (Å²) < 4.78 is 27.5. The molecule has 1 aromatic carbocycles. The molecule has 17 heavy (non-hydrogen) atoms. The Bertz CT molecular complexity index is 664. The predicted octanol–water partition coefficient (Wildman–Crippen LogP) is 1.98. The second kappa shape index (κ2) is 4.05. The van der Waals surface area contributed by atoms with Crippen molar-refractivity contribution in [3.63, 3.8) is 0 Å². The van der Waals surface area contributed by atoms with Crippen LogP contribution in [0.3, 0.4) is 0 Å². The summed E-state index contributed by atoms with van der Waals surface area (Å²) in [6, 6.07) is 6.07. The van der Waals surface area contributed by atoms with Gasteiger partial charge in [-0.05, 0) is 12.1 Å². The molecule has 0 bridgehead atoms. The van der Waals surface area contributed by atoms with Crippen molar-refractivity contribution in [1.29, 1.82) is 0 Å². The van der Waals surface area contributed by atoms with Gasteiger partial charge in [-0.15, -0.1) is 0 Å². The van der Waals surface area contributed by atoms with Crippen molar-refractivity contribution in [2.45, 2.75) is 4.90 Å². The van der Waals surface area contributed by atoms with Gasteiger partial charge in [0.1, 0.15) is 5.69 Å². The lowest BCUT2D eigenvalue weighted by Gasteiger charge is -2.03. The first-order valence-corrected chi connectivity index (χ1v) is 6.87. The Morgan fingerprint density at radius 2 is 2.06 bits per heavy atom. The van der Waals surface area contributed by atoms with Crippen LogP contribution in [0.5, 0.6) is 0 Å². The average molecular weight is 273 g/mol. The van der Waals surface area contributed by atoms with E-state index < -0.39 is 9.84 Å². The Morgan fingerprint density at radius 1 is 1.35 bits per heavy atom. The lowest BCUT2D eigenvalue weighted by Crippen LogP contribution is -1.97. The van der Waals surface area contributed by atoms with E-state index in [-0.39, 0.29) is 15.8 Å². The largest absolute Gasteiger partial charge is 0.368 e. The van der Waals surface area contributed by atoms with E-state index in [2.05, 4.69) is 5.16 Å². The van der Waals surface area contributed by atoms with E-state index in [1.807, 2.05) is 0 Å². The number of rotatable bonds is 2. The highest BCUT2D eigenvalue weighted by Crippen LogP contribution is 2.28. The molecule has 0 saturated heterocycles. The van der Waals surface area contributed by atoms with Crippen molar-refractivity contribution in [2.24, 2.45) is 0 Å². The Hall–Kier alpha value is -1.53. The number of anilines is 1. The first kappa shape index (κ1) is 11.9. The number of hydrogen-bond donors (Lipinski definition) is 1. The lowest BCUT2D eigenvalue weighted by atomic mass is 10.1. The topological polar surface area (TPSA) is 86.2 Å². The molecule has 0 unspecified atom stereocenters. The highest BCUT2D eigenvalue weighted by molar-refractivity contribution is 7.90. The number of aromatic nitrogens is 1. The molecular formula is C10H9ClN2O3S. The van der Waals surface area contributed by atoms with Gasteiger partial charge in [0.05, 0.1) is 9.92 Å². The minimum absolute atomic E-state index is 0.0828. The van der Waals surface area contributed by atoms with Gasteiger partial charge in [-0.25, -0.2) is 8.42 Å². The monoisotopic (exact) mass is 272 g/mol. The summed E-state index contributed by atoms with van der Waals surface area (Å²) in [5.41, 5.74) is 6.54. The molecule has 2 aromatic rings. The second-order valence-electron chi connectivity index (χ2n) is 3.53. The van der Waals surface area contributed by atoms with Crippen LogP contribution in [0.4, 0.5) is 5.88 Å². The zero-order chi connectivity index (χ0) is 12.6. The number of nitrogen functional groups attached to an aromatic ring is 1. The molecule has 0 amide bonds. The molecule has 1 heterocycles. The van der Waals surface area contributed by atoms with E-state index >= 15 is 0 Å². The van der Waals surface area contributed by atoms with Gasteiger partial charge < -0.3 is 10.3 Å². The molecule has 2 rings (SSSR count). The molecule has 90 valence electrons. The van der Waals surface area contributed by atoms with Crippen LogP contribution in [0.2, 0.25) is 5.02 Å². The fraction of sp³-hybridized carbons (Fsp3) is 0.100. The fourth-order valence-corrected chi connectivity index (χ4v) is 2.72. The SMILES string of the molecule is CS(=O)(=O)c1ccc(-c2cc(N)on2)cc1Cl. The highest BCUT2D eigenvalue weighted by Gasteiger charge is 2.14. The first-order chi connectivity index (χ1) is 7.88. The smallest absolute Gasteiger partial charge is 0.222 e. The van der Waals surface area contributed by atoms with Crippen LogP contribution in [0, 0.1) is 0 Å². The van der Waals surface area contributed by atoms with Crippen LogP contribution in [0.15, 0.2) is 33.7 Å². The molecule has 0 aliphatic rings. The van der Waals surface area contributed by atoms with Crippen molar-refractivity contribution in [3.8, 4) is 11.3 Å². The summed E-state index contributed by atoms with van der Waals surface area (Å²) in [7, 11) is -3.33. The minimum atomic E-state index is -3.33. The normalized spacial score (nSPS) is 11.6. The molecule has 1 aromatic heterocycles. The average Bonchev–Trinajstić information content (AvgIpc) is 2.62. The van der Waals surface area contributed by atoms with Crippen LogP contribution in [0.1, 0.15) is 0 Å². The lowest BCUT2D eigenvalue weighted by molar-refractivity contribution is 0.439.